The molecule has 0 radical (unpaired) electrons. The Morgan fingerprint density at radius 1 is 1.22 bits per heavy atom. The van der Waals surface area contributed by atoms with E-state index in [-0.39, 0.29) is 6.04 Å². The Hall–Kier alpha value is -2.18. The first-order valence-corrected chi connectivity index (χ1v) is 5.95. The molecule has 0 fully saturated rings. The molecule has 0 spiro atoms. The number of nitrogens with one attached hydrogen (secondary N) is 2. The van der Waals surface area contributed by atoms with E-state index in [0.717, 1.165) is 6.54 Å². The lowest BCUT2D eigenvalue weighted by Gasteiger charge is -2.11. The van der Waals surface area contributed by atoms with E-state index in [1.165, 1.54) is 0 Å². The van der Waals surface area contributed by atoms with E-state index in [0.29, 0.717) is 17.8 Å². The van der Waals surface area contributed by atoms with Crippen LogP contribution in [0.25, 0.3) is 5.95 Å². The van der Waals surface area contributed by atoms with E-state index in [9.17, 15) is 0 Å². The van der Waals surface area contributed by atoms with E-state index in [1.54, 1.807) is 17.1 Å². The van der Waals surface area contributed by atoms with Gasteiger partial charge in [-0.25, -0.2) is 4.68 Å². The van der Waals surface area contributed by atoms with Crippen LogP contribution in [0.15, 0.2) is 18.5 Å². The Balaban J connectivity index is 2.36. The third kappa shape index (κ3) is 2.93. The van der Waals surface area contributed by atoms with Gasteiger partial charge in [-0.1, -0.05) is 0 Å². The molecule has 2 aromatic rings. The summed E-state index contributed by atoms with van der Waals surface area (Å²) in [6, 6.07) is 2.08. The molecule has 0 aliphatic heterocycles. The molecule has 2 heterocycles. The summed E-state index contributed by atoms with van der Waals surface area (Å²) in [6.07, 6.45) is 3.48. The van der Waals surface area contributed by atoms with Crippen molar-refractivity contribution in [2.24, 2.45) is 0 Å². The molecule has 96 valence electrons. The number of hydrogen-bond donors (Lipinski definition) is 2. The van der Waals surface area contributed by atoms with Crippen molar-refractivity contribution in [2.45, 2.75) is 26.8 Å². The maximum Gasteiger partial charge on any atom is 0.257 e. The Morgan fingerprint density at radius 3 is 2.61 bits per heavy atom. The molecule has 0 amide bonds. The first-order chi connectivity index (χ1) is 8.69. The lowest BCUT2D eigenvalue weighted by atomic mass is 10.4. The van der Waals surface area contributed by atoms with Gasteiger partial charge in [-0.2, -0.15) is 20.1 Å². The Labute approximate surface area is 106 Å². The second-order valence-corrected chi connectivity index (χ2v) is 4.06. The predicted molar refractivity (Wildman–Crippen MR) is 69.9 cm³/mol. The highest BCUT2D eigenvalue weighted by Gasteiger charge is 2.08. The summed E-state index contributed by atoms with van der Waals surface area (Å²) in [5.41, 5.74) is 0. The van der Waals surface area contributed by atoms with Crippen LogP contribution < -0.4 is 10.6 Å². The van der Waals surface area contributed by atoms with Crippen molar-refractivity contribution in [3.63, 3.8) is 0 Å². The van der Waals surface area contributed by atoms with Crippen molar-refractivity contribution in [1.82, 2.24) is 24.7 Å². The topological polar surface area (TPSA) is 80.5 Å². The summed E-state index contributed by atoms with van der Waals surface area (Å²) >= 11 is 0. The molecule has 0 saturated heterocycles. The lowest BCUT2D eigenvalue weighted by Crippen LogP contribution is -2.16. The standard InChI is InChI=1S/C11H17N7/c1-4-12-9-15-10(14-8(2)3)17-11(16-9)18-7-5-6-13-18/h5-8H,4H2,1-3H3,(H2,12,14,15,16,17). The molecular weight excluding hydrogens is 230 g/mol. The molecule has 7 nitrogen and oxygen atoms in total. The number of rotatable bonds is 5. The summed E-state index contributed by atoms with van der Waals surface area (Å²) in [7, 11) is 0. The molecule has 0 bridgehead atoms. The average molecular weight is 247 g/mol. The molecule has 0 aliphatic carbocycles. The highest BCUT2D eigenvalue weighted by Crippen LogP contribution is 2.09. The zero-order chi connectivity index (χ0) is 13.0. The number of nitrogens with zero attached hydrogens (tertiary/aromatic N) is 5. The van der Waals surface area contributed by atoms with Gasteiger partial charge in [0.2, 0.25) is 11.9 Å². The van der Waals surface area contributed by atoms with Crippen molar-refractivity contribution >= 4 is 11.9 Å². The minimum absolute atomic E-state index is 0.257. The fourth-order valence-corrected chi connectivity index (χ4v) is 1.41. The van der Waals surface area contributed by atoms with Crippen LogP contribution in [-0.2, 0) is 0 Å². The summed E-state index contributed by atoms with van der Waals surface area (Å²) in [5, 5.41) is 10.4. The van der Waals surface area contributed by atoms with Crippen molar-refractivity contribution in [1.29, 1.82) is 0 Å². The monoisotopic (exact) mass is 247 g/mol. The highest BCUT2D eigenvalue weighted by atomic mass is 15.4. The normalized spacial score (nSPS) is 10.7. The minimum Gasteiger partial charge on any atom is -0.354 e. The maximum atomic E-state index is 4.33. The summed E-state index contributed by atoms with van der Waals surface area (Å²) < 4.78 is 1.61. The Morgan fingerprint density at radius 2 is 2.00 bits per heavy atom. The first kappa shape index (κ1) is 12.3. The van der Waals surface area contributed by atoms with Crippen LogP contribution in [0.4, 0.5) is 11.9 Å². The predicted octanol–water partition coefficient (Wildman–Crippen LogP) is 1.31. The van der Waals surface area contributed by atoms with Crippen LogP contribution in [0, 0.1) is 0 Å². The fourth-order valence-electron chi connectivity index (χ4n) is 1.41. The van der Waals surface area contributed by atoms with Gasteiger partial charge in [0.25, 0.3) is 5.95 Å². The molecule has 7 heteroatoms. The van der Waals surface area contributed by atoms with Gasteiger partial charge in [0.15, 0.2) is 0 Å². The van der Waals surface area contributed by atoms with Crippen LogP contribution in [0.1, 0.15) is 20.8 Å². The zero-order valence-electron chi connectivity index (χ0n) is 10.8. The van der Waals surface area contributed by atoms with Crippen molar-refractivity contribution < 1.29 is 0 Å². The number of anilines is 2. The Kier molecular flexibility index (Phi) is 3.71. The fraction of sp³-hybridized carbons (Fsp3) is 0.455. The first-order valence-electron chi connectivity index (χ1n) is 5.95. The molecule has 2 rings (SSSR count). The van der Waals surface area contributed by atoms with Crippen LogP contribution in [0.3, 0.4) is 0 Å². The molecule has 2 N–H and O–H groups in total. The number of aromatic nitrogens is 5. The van der Waals surface area contributed by atoms with Gasteiger partial charge in [-0.15, -0.1) is 0 Å². The SMILES string of the molecule is CCNc1nc(NC(C)C)nc(-n2cccn2)n1. The molecule has 2 aromatic heterocycles. The third-order valence-corrected chi connectivity index (χ3v) is 2.09. The van der Waals surface area contributed by atoms with Crippen molar-refractivity contribution in [2.75, 3.05) is 17.2 Å². The summed E-state index contributed by atoms with van der Waals surface area (Å²) in [6.45, 7) is 6.81. The van der Waals surface area contributed by atoms with Gasteiger partial charge in [-0.3, -0.25) is 0 Å². The molecule has 18 heavy (non-hydrogen) atoms. The van der Waals surface area contributed by atoms with Crippen LogP contribution in [0.2, 0.25) is 0 Å². The van der Waals surface area contributed by atoms with Crippen LogP contribution in [-0.4, -0.2) is 37.3 Å². The minimum atomic E-state index is 0.257. The van der Waals surface area contributed by atoms with Crippen molar-refractivity contribution in [3.05, 3.63) is 18.5 Å². The van der Waals surface area contributed by atoms with E-state index in [1.807, 2.05) is 26.8 Å². The van der Waals surface area contributed by atoms with E-state index >= 15 is 0 Å². The summed E-state index contributed by atoms with van der Waals surface area (Å²) in [5.74, 6) is 1.58. The van der Waals surface area contributed by atoms with Crippen LogP contribution >= 0.6 is 0 Å². The molecular formula is C11H17N7. The van der Waals surface area contributed by atoms with E-state index < -0.39 is 0 Å². The Bertz CT molecular complexity index is 492. The largest absolute Gasteiger partial charge is 0.354 e. The quantitative estimate of drug-likeness (QED) is 0.829. The van der Waals surface area contributed by atoms with Gasteiger partial charge < -0.3 is 10.6 Å². The van der Waals surface area contributed by atoms with Gasteiger partial charge in [0, 0.05) is 25.0 Å². The second kappa shape index (κ2) is 5.44. The van der Waals surface area contributed by atoms with E-state index in [2.05, 4.69) is 30.7 Å². The molecule has 0 aromatic carbocycles. The molecule has 0 unspecified atom stereocenters. The number of hydrogen-bond acceptors (Lipinski definition) is 6. The molecule has 0 aliphatic rings. The zero-order valence-corrected chi connectivity index (χ0v) is 10.8. The van der Waals surface area contributed by atoms with E-state index in [4.69, 9.17) is 0 Å². The average Bonchev–Trinajstić information content (AvgIpc) is 2.81. The van der Waals surface area contributed by atoms with Crippen LogP contribution in [0.5, 0.6) is 0 Å². The second-order valence-electron chi connectivity index (χ2n) is 4.06. The highest BCUT2D eigenvalue weighted by molar-refractivity contribution is 5.38. The van der Waals surface area contributed by atoms with Gasteiger partial charge in [0.1, 0.15) is 0 Å². The lowest BCUT2D eigenvalue weighted by molar-refractivity contribution is 0.786. The third-order valence-electron chi connectivity index (χ3n) is 2.09. The van der Waals surface area contributed by atoms with Gasteiger partial charge in [-0.05, 0) is 26.8 Å². The molecule has 0 saturated carbocycles. The van der Waals surface area contributed by atoms with Gasteiger partial charge in [0.05, 0.1) is 0 Å². The molecule has 0 atom stereocenters. The van der Waals surface area contributed by atoms with Gasteiger partial charge >= 0.3 is 0 Å². The van der Waals surface area contributed by atoms with Crippen molar-refractivity contribution in [3.8, 4) is 5.95 Å². The smallest absolute Gasteiger partial charge is 0.257 e. The summed E-state index contributed by atoms with van der Waals surface area (Å²) in [4.78, 5) is 12.9. The maximum absolute atomic E-state index is 4.33.